The van der Waals surface area contributed by atoms with Gasteiger partial charge >= 0.3 is 0 Å². The third kappa shape index (κ3) is 8.16. The zero-order chi connectivity index (χ0) is 30.9. The molecule has 0 fully saturated rings. The van der Waals surface area contributed by atoms with Crippen LogP contribution in [0.25, 0.3) is 10.4 Å². The summed E-state index contributed by atoms with van der Waals surface area (Å²) >= 11 is 3.68. The van der Waals surface area contributed by atoms with Crippen molar-refractivity contribution in [2.75, 3.05) is 19.8 Å². The first kappa shape index (κ1) is 32.1. The van der Waals surface area contributed by atoms with E-state index in [1.54, 1.807) is 0 Å². The van der Waals surface area contributed by atoms with E-state index >= 15 is 0 Å². The molecule has 0 aromatic heterocycles. The largest absolute Gasteiger partial charge is 0.494 e. The van der Waals surface area contributed by atoms with Gasteiger partial charge in [-0.15, -0.1) is 0 Å². The molecule has 0 saturated carbocycles. The monoisotopic (exact) mass is 647 g/mol. The Kier molecular flexibility index (Phi) is 10.9. The van der Waals surface area contributed by atoms with Gasteiger partial charge in [-0.05, 0) is 58.8 Å². The first-order valence-corrected chi connectivity index (χ1v) is 15.2. The van der Waals surface area contributed by atoms with E-state index < -0.39 is 11.6 Å². The molecule has 4 rings (SSSR count). The molecular formula is C33H38BrN5O4. The van der Waals surface area contributed by atoms with Gasteiger partial charge in [-0.25, -0.2) is 4.99 Å². The summed E-state index contributed by atoms with van der Waals surface area (Å²) in [5.74, 6) is 0.771. The second-order valence-electron chi connectivity index (χ2n) is 11.7. The van der Waals surface area contributed by atoms with Gasteiger partial charge in [-0.3, -0.25) is 4.79 Å². The molecule has 0 unspecified atom stereocenters. The minimum atomic E-state index is -1.36. The molecule has 3 aromatic rings. The van der Waals surface area contributed by atoms with Gasteiger partial charge in [0.15, 0.2) is 11.6 Å². The highest BCUT2D eigenvalue weighted by Gasteiger charge is 2.54. The summed E-state index contributed by atoms with van der Waals surface area (Å²) in [6.45, 7) is 7.52. The lowest BCUT2D eigenvalue weighted by Crippen LogP contribution is -2.50. The van der Waals surface area contributed by atoms with Crippen molar-refractivity contribution in [1.82, 2.24) is 5.32 Å². The molecule has 3 aromatic carbocycles. The van der Waals surface area contributed by atoms with E-state index in [1.807, 2.05) is 72.8 Å². The number of hydrogen-bond donors (Lipinski definition) is 2. The number of aliphatic hydroxyl groups is 1. The molecular weight excluding hydrogens is 610 g/mol. The van der Waals surface area contributed by atoms with Gasteiger partial charge in [0.05, 0.1) is 13.2 Å². The van der Waals surface area contributed by atoms with Gasteiger partial charge < -0.3 is 19.9 Å². The maximum Gasteiger partial charge on any atom is 0.252 e. The van der Waals surface area contributed by atoms with Crippen LogP contribution in [0.5, 0.6) is 5.75 Å². The average molecular weight is 649 g/mol. The average Bonchev–Trinajstić information content (AvgIpc) is 3.37. The topological polar surface area (TPSA) is 129 Å². The first-order chi connectivity index (χ1) is 20.7. The van der Waals surface area contributed by atoms with Crippen molar-refractivity contribution in [2.24, 2.45) is 15.5 Å². The van der Waals surface area contributed by atoms with Crippen molar-refractivity contribution < 1.29 is 19.4 Å². The Labute approximate surface area is 261 Å². The number of rotatable bonds is 13. The fourth-order valence-electron chi connectivity index (χ4n) is 4.93. The molecule has 43 heavy (non-hydrogen) atoms. The van der Waals surface area contributed by atoms with Crippen molar-refractivity contribution in [1.29, 1.82) is 0 Å². The van der Waals surface area contributed by atoms with Crippen LogP contribution in [-0.2, 0) is 22.5 Å². The number of nitrogens with zero attached hydrogens (tertiary/aromatic N) is 4. The lowest BCUT2D eigenvalue weighted by Gasteiger charge is -2.32. The lowest BCUT2D eigenvalue weighted by atomic mass is 9.80. The normalized spacial score (nSPS) is 17.9. The van der Waals surface area contributed by atoms with Crippen LogP contribution in [0.15, 0.2) is 87.4 Å². The smallest absolute Gasteiger partial charge is 0.252 e. The Balaban J connectivity index is 1.82. The van der Waals surface area contributed by atoms with Gasteiger partial charge in [0, 0.05) is 46.5 Å². The maximum atomic E-state index is 14.4. The molecule has 10 heteroatoms. The Morgan fingerprint density at radius 3 is 2.49 bits per heavy atom. The molecule has 226 valence electrons. The number of carbonyl (C=O) groups is 1. The van der Waals surface area contributed by atoms with Crippen molar-refractivity contribution in [3.8, 4) is 5.75 Å². The summed E-state index contributed by atoms with van der Waals surface area (Å²) in [5.41, 5.74) is 10.8. The number of azide groups is 1. The zero-order valence-corrected chi connectivity index (χ0v) is 26.4. The maximum absolute atomic E-state index is 14.4. The summed E-state index contributed by atoms with van der Waals surface area (Å²) in [6, 6.07) is 22.7. The fraction of sp³-hybridized carbons (Fsp3) is 0.394. The summed E-state index contributed by atoms with van der Waals surface area (Å²) in [7, 11) is 0. The second kappa shape index (κ2) is 14.6. The van der Waals surface area contributed by atoms with Crippen LogP contribution >= 0.6 is 15.9 Å². The summed E-state index contributed by atoms with van der Waals surface area (Å²) in [4.78, 5) is 22.5. The highest BCUT2D eigenvalue weighted by atomic mass is 79.9. The molecule has 2 N–H and O–H groups in total. The summed E-state index contributed by atoms with van der Waals surface area (Å²) in [6.07, 6.45) is 0.806. The van der Waals surface area contributed by atoms with E-state index in [0.29, 0.717) is 36.8 Å². The van der Waals surface area contributed by atoms with Crippen LogP contribution in [-0.4, -0.2) is 42.2 Å². The van der Waals surface area contributed by atoms with Crippen molar-refractivity contribution >= 4 is 27.7 Å². The number of carbonyl (C=O) groups excluding carboxylic acids is 1. The lowest BCUT2D eigenvalue weighted by molar-refractivity contribution is -0.129. The number of amides is 1. The summed E-state index contributed by atoms with van der Waals surface area (Å²) < 4.78 is 13.1. The Hall–Kier alpha value is -3.85. The zero-order valence-electron chi connectivity index (χ0n) is 24.8. The number of halogens is 1. The minimum Gasteiger partial charge on any atom is -0.494 e. The molecule has 2 atom stereocenters. The quantitative estimate of drug-likeness (QED) is 0.0889. The molecule has 1 aliphatic heterocycles. The molecule has 0 bridgehead atoms. The van der Waals surface area contributed by atoms with E-state index in [4.69, 9.17) is 25.1 Å². The third-order valence-electron chi connectivity index (χ3n) is 7.26. The van der Waals surface area contributed by atoms with Gasteiger partial charge in [-0.1, -0.05) is 84.3 Å². The van der Waals surface area contributed by atoms with Crippen LogP contribution in [0.4, 0.5) is 0 Å². The SMILES string of the molecule is CC(C)(C)CCNC(=O)[C@]1(Cc2ccccc2CN=[N+]=[N-])N=C(c2ccc(OCCCO)cc2)O[C@@H]1c1ccccc1Br. The van der Waals surface area contributed by atoms with E-state index in [-0.39, 0.29) is 30.9 Å². The molecule has 0 saturated heterocycles. The van der Waals surface area contributed by atoms with Crippen LogP contribution in [0.3, 0.4) is 0 Å². The van der Waals surface area contributed by atoms with E-state index in [9.17, 15) is 4.79 Å². The molecule has 1 aliphatic rings. The highest BCUT2D eigenvalue weighted by Crippen LogP contribution is 2.45. The van der Waals surface area contributed by atoms with Crippen LogP contribution in [0, 0.1) is 5.41 Å². The predicted molar refractivity (Wildman–Crippen MR) is 171 cm³/mol. The Bertz CT molecular complexity index is 1480. The summed E-state index contributed by atoms with van der Waals surface area (Å²) in [5, 5.41) is 16.0. The minimum absolute atomic E-state index is 0.0335. The van der Waals surface area contributed by atoms with Gasteiger partial charge in [0.1, 0.15) is 5.75 Å². The fourth-order valence-corrected chi connectivity index (χ4v) is 5.43. The molecule has 1 heterocycles. The Morgan fingerprint density at radius 2 is 1.81 bits per heavy atom. The standard InChI is InChI=1S/C33H38BrN5O4/c1-32(2,3)17-18-36-31(41)33(21-24-9-4-5-10-25(24)22-37-39-35)29(27-11-6-7-12-28(27)34)43-30(38-33)23-13-15-26(16-14-23)42-20-8-19-40/h4-7,9-16,29,40H,8,17-22H2,1-3H3,(H,36,41)/t29-,33-/m1/s1. The van der Waals surface area contributed by atoms with Crippen molar-refractivity contribution in [2.45, 2.75) is 58.2 Å². The van der Waals surface area contributed by atoms with Crippen LogP contribution in [0.2, 0.25) is 0 Å². The van der Waals surface area contributed by atoms with Crippen molar-refractivity contribution in [3.05, 3.63) is 110 Å². The number of nitrogens with one attached hydrogen (secondary N) is 1. The molecule has 0 spiro atoms. The molecule has 0 aliphatic carbocycles. The number of aliphatic hydroxyl groups excluding tert-OH is 1. The van der Waals surface area contributed by atoms with Gasteiger partial charge in [0.25, 0.3) is 5.91 Å². The van der Waals surface area contributed by atoms with E-state index in [0.717, 1.165) is 27.6 Å². The molecule has 1 amide bonds. The molecule has 0 radical (unpaired) electrons. The van der Waals surface area contributed by atoms with E-state index in [2.05, 4.69) is 52.0 Å². The predicted octanol–water partition coefficient (Wildman–Crippen LogP) is 7.07. The van der Waals surface area contributed by atoms with Gasteiger partial charge in [-0.2, -0.15) is 0 Å². The van der Waals surface area contributed by atoms with Crippen LogP contribution in [0.1, 0.15) is 62.0 Å². The van der Waals surface area contributed by atoms with Crippen LogP contribution < -0.4 is 10.1 Å². The molecule has 9 nitrogen and oxygen atoms in total. The number of benzene rings is 3. The second-order valence-corrected chi connectivity index (χ2v) is 12.6. The number of ether oxygens (including phenoxy) is 2. The first-order valence-electron chi connectivity index (χ1n) is 14.4. The third-order valence-corrected chi connectivity index (χ3v) is 7.98. The highest BCUT2D eigenvalue weighted by molar-refractivity contribution is 9.10. The van der Waals surface area contributed by atoms with Crippen molar-refractivity contribution in [3.63, 3.8) is 0 Å². The van der Waals surface area contributed by atoms with E-state index in [1.165, 1.54) is 0 Å². The Morgan fingerprint density at radius 1 is 1.12 bits per heavy atom. The number of hydrogen-bond acceptors (Lipinski definition) is 6. The number of aliphatic imine (C=N–C) groups is 1. The van der Waals surface area contributed by atoms with Gasteiger partial charge in [0.2, 0.25) is 5.90 Å².